The van der Waals surface area contributed by atoms with Crippen LogP contribution in [0.2, 0.25) is 0 Å². The van der Waals surface area contributed by atoms with Crippen LogP contribution in [0, 0.1) is 17.3 Å². The SMILES string of the molecule is CC1CC2(C1)CC(NC(=O)C1CC(Oc3cccc4cccnc34)C1)C2. The first-order chi connectivity index (χ1) is 12.6. The summed E-state index contributed by atoms with van der Waals surface area (Å²) in [7, 11) is 0. The van der Waals surface area contributed by atoms with Gasteiger partial charge in [-0.3, -0.25) is 9.78 Å². The highest BCUT2D eigenvalue weighted by molar-refractivity contribution is 5.84. The second-order valence-electron chi connectivity index (χ2n) is 8.87. The molecule has 0 aliphatic heterocycles. The van der Waals surface area contributed by atoms with Gasteiger partial charge in [0.25, 0.3) is 0 Å². The first kappa shape index (κ1) is 16.1. The number of pyridine rings is 1. The van der Waals surface area contributed by atoms with Crippen molar-refractivity contribution in [3.05, 3.63) is 36.5 Å². The molecule has 1 aromatic heterocycles. The monoisotopic (exact) mass is 350 g/mol. The topological polar surface area (TPSA) is 51.2 Å². The number of ether oxygens (including phenoxy) is 1. The summed E-state index contributed by atoms with van der Waals surface area (Å²) in [5, 5.41) is 4.35. The number of nitrogens with zero attached hydrogens (tertiary/aromatic N) is 1. The van der Waals surface area contributed by atoms with Crippen LogP contribution in [0.4, 0.5) is 0 Å². The van der Waals surface area contributed by atoms with Gasteiger partial charge in [-0.05, 0) is 62.0 Å². The molecule has 1 heterocycles. The van der Waals surface area contributed by atoms with Crippen LogP contribution in [0.15, 0.2) is 36.5 Å². The summed E-state index contributed by atoms with van der Waals surface area (Å²) in [6, 6.07) is 10.4. The summed E-state index contributed by atoms with van der Waals surface area (Å²) in [5.41, 5.74) is 1.49. The molecule has 0 unspecified atom stereocenters. The number of rotatable bonds is 4. The van der Waals surface area contributed by atoms with E-state index in [0.717, 1.165) is 35.4 Å². The molecule has 1 amide bonds. The molecule has 5 rings (SSSR count). The fourth-order valence-corrected chi connectivity index (χ4v) is 5.39. The van der Waals surface area contributed by atoms with Gasteiger partial charge >= 0.3 is 0 Å². The Labute approximate surface area is 154 Å². The number of fused-ring (bicyclic) bond motifs is 1. The van der Waals surface area contributed by atoms with Crippen molar-refractivity contribution in [2.75, 3.05) is 0 Å². The van der Waals surface area contributed by atoms with Gasteiger partial charge in [0.05, 0.1) is 0 Å². The van der Waals surface area contributed by atoms with E-state index >= 15 is 0 Å². The molecule has 0 bridgehead atoms. The lowest BCUT2D eigenvalue weighted by Gasteiger charge is -2.57. The van der Waals surface area contributed by atoms with Crippen molar-refractivity contribution in [1.29, 1.82) is 0 Å². The maximum Gasteiger partial charge on any atom is 0.223 e. The smallest absolute Gasteiger partial charge is 0.223 e. The Morgan fingerprint density at radius 1 is 1.15 bits per heavy atom. The van der Waals surface area contributed by atoms with E-state index in [1.807, 2.05) is 30.3 Å². The normalized spacial score (nSPS) is 35.3. The predicted molar refractivity (Wildman–Crippen MR) is 101 cm³/mol. The van der Waals surface area contributed by atoms with Crippen molar-refractivity contribution in [3.8, 4) is 5.75 Å². The predicted octanol–water partition coefficient (Wildman–Crippen LogP) is 4.09. The van der Waals surface area contributed by atoms with Crippen molar-refractivity contribution in [1.82, 2.24) is 10.3 Å². The Morgan fingerprint density at radius 2 is 1.92 bits per heavy atom. The third kappa shape index (κ3) is 2.76. The number of hydrogen-bond acceptors (Lipinski definition) is 3. The highest BCUT2D eigenvalue weighted by Crippen LogP contribution is 2.58. The Morgan fingerprint density at radius 3 is 2.69 bits per heavy atom. The maximum absolute atomic E-state index is 12.4. The molecule has 0 atom stereocenters. The highest BCUT2D eigenvalue weighted by Gasteiger charge is 2.52. The van der Waals surface area contributed by atoms with Gasteiger partial charge in [0.1, 0.15) is 17.4 Å². The molecule has 1 spiro atoms. The van der Waals surface area contributed by atoms with E-state index in [4.69, 9.17) is 4.74 Å². The molecule has 1 N–H and O–H groups in total. The van der Waals surface area contributed by atoms with Gasteiger partial charge in [-0.2, -0.15) is 0 Å². The fourth-order valence-electron chi connectivity index (χ4n) is 5.39. The Balaban J connectivity index is 1.11. The zero-order chi connectivity index (χ0) is 17.7. The van der Waals surface area contributed by atoms with E-state index in [-0.39, 0.29) is 17.9 Å². The zero-order valence-corrected chi connectivity index (χ0v) is 15.3. The van der Waals surface area contributed by atoms with E-state index < -0.39 is 0 Å². The van der Waals surface area contributed by atoms with Crippen LogP contribution in [-0.4, -0.2) is 23.0 Å². The number of carbonyl (C=O) groups is 1. The molecule has 2 aromatic rings. The molecule has 3 aliphatic carbocycles. The molecule has 136 valence electrons. The summed E-state index contributed by atoms with van der Waals surface area (Å²) in [5.74, 6) is 2.06. The second kappa shape index (κ2) is 5.97. The fraction of sp³-hybridized carbons (Fsp3) is 0.545. The Kier molecular flexibility index (Phi) is 3.70. The highest BCUT2D eigenvalue weighted by atomic mass is 16.5. The van der Waals surface area contributed by atoms with Gasteiger partial charge in [0.15, 0.2) is 0 Å². The summed E-state index contributed by atoms with van der Waals surface area (Å²) in [6.07, 6.45) is 8.64. The van der Waals surface area contributed by atoms with Gasteiger partial charge in [0, 0.05) is 23.5 Å². The van der Waals surface area contributed by atoms with Gasteiger partial charge < -0.3 is 10.1 Å². The van der Waals surface area contributed by atoms with Crippen molar-refractivity contribution in [2.24, 2.45) is 17.3 Å². The van der Waals surface area contributed by atoms with Crippen LogP contribution in [-0.2, 0) is 4.79 Å². The van der Waals surface area contributed by atoms with E-state index in [1.54, 1.807) is 6.20 Å². The lowest BCUT2D eigenvalue weighted by Crippen LogP contribution is -2.57. The van der Waals surface area contributed by atoms with E-state index in [1.165, 1.54) is 25.7 Å². The number of amides is 1. The van der Waals surface area contributed by atoms with Crippen LogP contribution in [0.1, 0.15) is 45.4 Å². The average Bonchev–Trinajstić information content (AvgIpc) is 2.54. The first-order valence-electron chi connectivity index (χ1n) is 9.91. The number of nitrogens with one attached hydrogen (secondary N) is 1. The molecule has 3 aliphatic rings. The largest absolute Gasteiger partial charge is 0.488 e. The number of para-hydroxylation sites is 1. The number of hydrogen-bond donors (Lipinski definition) is 1. The number of carbonyl (C=O) groups excluding carboxylic acids is 1. The van der Waals surface area contributed by atoms with Crippen LogP contribution < -0.4 is 10.1 Å². The number of aromatic nitrogens is 1. The van der Waals surface area contributed by atoms with Crippen LogP contribution in [0.5, 0.6) is 5.75 Å². The van der Waals surface area contributed by atoms with E-state index in [2.05, 4.69) is 17.2 Å². The van der Waals surface area contributed by atoms with Crippen LogP contribution in [0.3, 0.4) is 0 Å². The third-order valence-electron chi connectivity index (χ3n) is 6.62. The standard InChI is InChI=1S/C22H26N2O2/c1-14-10-22(11-14)12-17(13-22)24-21(25)16-8-18(9-16)26-19-6-2-4-15-5-3-7-23-20(15)19/h2-7,14,16-18H,8-13H2,1H3,(H,24,25). The molecular weight excluding hydrogens is 324 g/mol. The molecule has 3 saturated carbocycles. The summed E-state index contributed by atoms with van der Waals surface area (Å²) in [6.45, 7) is 2.33. The van der Waals surface area contributed by atoms with Crippen LogP contribution >= 0.6 is 0 Å². The van der Waals surface area contributed by atoms with E-state index in [9.17, 15) is 4.79 Å². The molecule has 1 aromatic carbocycles. The van der Waals surface area contributed by atoms with Gasteiger partial charge in [-0.25, -0.2) is 0 Å². The Bertz CT molecular complexity index is 824. The maximum atomic E-state index is 12.4. The molecular formula is C22H26N2O2. The van der Waals surface area contributed by atoms with Crippen molar-refractivity contribution >= 4 is 16.8 Å². The van der Waals surface area contributed by atoms with Gasteiger partial charge in [-0.1, -0.05) is 25.1 Å². The lowest BCUT2D eigenvalue weighted by molar-refractivity contribution is -0.134. The molecule has 3 fully saturated rings. The van der Waals surface area contributed by atoms with E-state index in [0.29, 0.717) is 11.5 Å². The van der Waals surface area contributed by atoms with Crippen molar-refractivity contribution < 1.29 is 9.53 Å². The zero-order valence-electron chi connectivity index (χ0n) is 15.3. The summed E-state index contributed by atoms with van der Waals surface area (Å²) in [4.78, 5) is 16.9. The lowest BCUT2D eigenvalue weighted by atomic mass is 9.50. The van der Waals surface area contributed by atoms with Crippen molar-refractivity contribution in [2.45, 2.75) is 57.6 Å². The summed E-state index contributed by atoms with van der Waals surface area (Å²) >= 11 is 0. The molecule has 4 nitrogen and oxygen atoms in total. The molecule has 26 heavy (non-hydrogen) atoms. The number of benzene rings is 1. The van der Waals surface area contributed by atoms with Gasteiger partial charge in [0.2, 0.25) is 5.91 Å². The molecule has 0 radical (unpaired) electrons. The van der Waals surface area contributed by atoms with Crippen molar-refractivity contribution in [3.63, 3.8) is 0 Å². The third-order valence-corrected chi connectivity index (χ3v) is 6.62. The minimum Gasteiger partial charge on any atom is -0.488 e. The van der Waals surface area contributed by atoms with Crippen LogP contribution in [0.25, 0.3) is 10.9 Å². The minimum atomic E-state index is 0.111. The Hall–Kier alpha value is -2.10. The molecule has 0 saturated heterocycles. The first-order valence-corrected chi connectivity index (χ1v) is 9.91. The average molecular weight is 350 g/mol. The second-order valence-corrected chi connectivity index (χ2v) is 8.87. The summed E-state index contributed by atoms with van der Waals surface area (Å²) < 4.78 is 6.12. The molecule has 4 heteroatoms. The quantitative estimate of drug-likeness (QED) is 0.904. The minimum absolute atomic E-state index is 0.111. The van der Waals surface area contributed by atoms with Gasteiger partial charge in [-0.15, -0.1) is 0 Å².